The van der Waals surface area contributed by atoms with E-state index in [0.29, 0.717) is 23.7 Å². The molecule has 0 bridgehead atoms. The molecular weight excluding hydrogens is 324 g/mol. The zero-order valence-electron chi connectivity index (χ0n) is 14.6. The molecule has 6 heteroatoms. The summed E-state index contributed by atoms with van der Waals surface area (Å²) in [6.45, 7) is 3.42. The predicted molar refractivity (Wildman–Crippen MR) is 98.7 cm³/mol. The van der Waals surface area contributed by atoms with Gasteiger partial charge in [0.25, 0.3) is 0 Å². The Morgan fingerprint density at radius 3 is 2.54 bits per heavy atom. The van der Waals surface area contributed by atoms with Gasteiger partial charge in [-0.2, -0.15) is 0 Å². The number of benzene rings is 1. The number of rotatable bonds is 7. The number of carbonyl (C=O) groups excluding carboxylic acids is 1. The van der Waals surface area contributed by atoms with E-state index < -0.39 is 10.0 Å². The van der Waals surface area contributed by atoms with Crippen molar-refractivity contribution in [1.29, 1.82) is 0 Å². The van der Waals surface area contributed by atoms with E-state index in [1.807, 2.05) is 6.92 Å². The Kier molecular flexibility index (Phi) is 6.66. The molecule has 1 aromatic carbocycles. The summed E-state index contributed by atoms with van der Waals surface area (Å²) in [6.07, 6.45) is 7.92. The molecule has 1 amide bonds. The summed E-state index contributed by atoms with van der Waals surface area (Å²) in [7, 11) is -3.29. The minimum Gasteiger partial charge on any atom is -0.326 e. The van der Waals surface area contributed by atoms with Crippen molar-refractivity contribution in [3.63, 3.8) is 0 Å². The molecule has 134 valence electrons. The van der Waals surface area contributed by atoms with Gasteiger partial charge in [0.15, 0.2) is 0 Å². The number of carbonyl (C=O) groups is 1. The van der Waals surface area contributed by atoms with Crippen molar-refractivity contribution in [3.05, 3.63) is 23.8 Å². The van der Waals surface area contributed by atoms with Gasteiger partial charge < -0.3 is 5.32 Å². The van der Waals surface area contributed by atoms with Crippen molar-refractivity contribution in [2.75, 3.05) is 15.8 Å². The molecule has 0 radical (unpaired) electrons. The van der Waals surface area contributed by atoms with Crippen LogP contribution >= 0.6 is 0 Å². The van der Waals surface area contributed by atoms with Crippen molar-refractivity contribution < 1.29 is 13.2 Å². The van der Waals surface area contributed by atoms with Crippen LogP contribution in [0.4, 0.5) is 11.4 Å². The van der Waals surface area contributed by atoms with E-state index in [4.69, 9.17) is 0 Å². The van der Waals surface area contributed by atoms with E-state index in [1.165, 1.54) is 32.1 Å². The molecule has 1 aliphatic rings. The quantitative estimate of drug-likeness (QED) is 0.777. The van der Waals surface area contributed by atoms with Crippen LogP contribution in [-0.2, 0) is 14.8 Å². The van der Waals surface area contributed by atoms with Crippen molar-refractivity contribution in [2.24, 2.45) is 5.92 Å². The maximum Gasteiger partial charge on any atom is 0.232 e. The number of sulfonamides is 1. The Bertz CT molecular complexity index is 665. The second kappa shape index (κ2) is 8.51. The summed E-state index contributed by atoms with van der Waals surface area (Å²) in [4.78, 5) is 12.1. The fraction of sp³-hybridized carbons (Fsp3) is 0.611. The summed E-state index contributed by atoms with van der Waals surface area (Å²) in [5, 5.41) is 2.91. The lowest BCUT2D eigenvalue weighted by Crippen LogP contribution is -2.16. The second-order valence-electron chi connectivity index (χ2n) is 6.63. The van der Waals surface area contributed by atoms with Gasteiger partial charge >= 0.3 is 0 Å². The molecule has 0 spiro atoms. The predicted octanol–water partition coefficient (Wildman–Crippen LogP) is 4.06. The third kappa shape index (κ3) is 5.82. The third-order valence-electron chi connectivity index (χ3n) is 4.66. The van der Waals surface area contributed by atoms with Crippen LogP contribution in [0.15, 0.2) is 18.2 Å². The molecule has 0 aliphatic heterocycles. The molecular formula is C18H28N2O3S. The monoisotopic (exact) mass is 352 g/mol. The second-order valence-corrected chi connectivity index (χ2v) is 8.64. The highest BCUT2D eigenvalue weighted by atomic mass is 32.2. The highest BCUT2D eigenvalue weighted by Crippen LogP contribution is 2.27. The first kappa shape index (κ1) is 18.8. The largest absolute Gasteiger partial charge is 0.326 e. The first-order valence-corrected chi connectivity index (χ1v) is 10.5. The van der Waals surface area contributed by atoms with Crippen LogP contribution in [0.2, 0.25) is 0 Å². The maximum absolute atomic E-state index is 12.1. The van der Waals surface area contributed by atoms with Gasteiger partial charge in [0.2, 0.25) is 15.9 Å². The normalized spacial score (nSPS) is 15.9. The van der Waals surface area contributed by atoms with Crippen molar-refractivity contribution in [1.82, 2.24) is 0 Å². The Balaban J connectivity index is 1.88. The average Bonchev–Trinajstić information content (AvgIpc) is 2.56. The molecule has 1 fully saturated rings. The molecule has 24 heavy (non-hydrogen) atoms. The van der Waals surface area contributed by atoms with Crippen molar-refractivity contribution in [2.45, 2.75) is 58.8 Å². The average molecular weight is 353 g/mol. The number of hydrogen-bond donors (Lipinski definition) is 2. The van der Waals surface area contributed by atoms with E-state index in [-0.39, 0.29) is 11.7 Å². The summed E-state index contributed by atoms with van der Waals surface area (Å²) in [5.74, 6) is 0.755. The summed E-state index contributed by atoms with van der Waals surface area (Å²) in [6, 6.07) is 5.23. The summed E-state index contributed by atoms with van der Waals surface area (Å²) >= 11 is 0. The molecule has 0 atom stereocenters. The molecule has 0 heterocycles. The lowest BCUT2D eigenvalue weighted by molar-refractivity contribution is -0.116. The Labute approximate surface area is 145 Å². The maximum atomic E-state index is 12.1. The van der Waals surface area contributed by atoms with Crippen LogP contribution in [0.3, 0.4) is 0 Å². The summed E-state index contributed by atoms with van der Waals surface area (Å²) < 4.78 is 25.8. The molecule has 0 saturated heterocycles. The molecule has 1 aromatic rings. The van der Waals surface area contributed by atoms with Crippen LogP contribution in [0.5, 0.6) is 0 Å². The van der Waals surface area contributed by atoms with Gasteiger partial charge in [0, 0.05) is 12.1 Å². The lowest BCUT2D eigenvalue weighted by Gasteiger charge is -2.21. The first-order valence-electron chi connectivity index (χ1n) is 8.80. The van der Waals surface area contributed by atoms with E-state index in [2.05, 4.69) is 10.0 Å². The first-order chi connectivity index (χ1) is 11.4. The third-order valence-corrected chi connectivity index (χ3v) is 5.95. The topological polar surface area (TPSA) is 75.3 Å². The summed E-state index contributed by atoms with van der Waals surface area (Å²) in [5.41, 5.74) is 2.05. The Morgan fingerprint density at radius 2 is 1.92 bits per heavy atom. The number of nitrogens with one attached hydrogen (secondary N) is 2. The molecule has 2 rings (SSSR count). The van der Waals surface area contributed by atoms with E-state index in [1.54, 1.807) is 25.1 Å². The Morgan fingerprint density at radius 1 is 1.21 bits per heavy atom. The van der Waals surface area contributed by atoms with Gasteiger partial charge in [0.05, 0.1) is 11.4 Å². The zero-order valence-corrected chi connectivity index (χ0v) is 15.4. The van der Waals surface area contributed by atoms with Gasteiger partial charge in [-0.05, 0) is 49.9 Å². The number of hydrogen-bond acceptors (Lipinski definition) is 3. The highest BCUT2D eigenvalue weighted by Gasteiger charge is 2.15. The fourth-order valence-electron chi connectivity index (χ4n) is 3.13. The van der Waals surface area contributed by atoms with Crippen LogP contribution in [0.25, 0.3) is 0 Å². The molecule has 0 aromatic heterocycles. The molecule has 1 aliphatic carbocycles. The van der Waals surface area contributed by atoms with Gasteiger partial charge in [-0.1, -0.05) is 32.1 Å². The zero-order chi connectivity index (χ0) is 17.6. The van der Waals surface area contributed by atoms with E-state index in [0.717, 1.165) is 12.0 Å². The van der Waals surface area contributed by atoms with Gasteiger partial charge in [-0.3, -0.25) is 9.52 Å². The van der Waals surface area contributed by atoms with Crippen molar-refractivity contribution >= 4 is 27.3 Å². The number of anilines is 2. The lowest BCUT2D eigenvalue weighted by atomic mass is 9.86. The highest BCUT2D eigenvalue weighted by molar-refractivity contribution is 7.92. The van der Waals surface area contributed by atoms with Gasteiger partial charge in [-0.25, -0.2) is 8.42 Å². The smallest absolute Gasteiger partial charge is 0.232 e. The molecule has 0 unspecified atom stereocenters. The van der Waals surface area contributed by atoms with Crippen LogP contribution < -0.4 is 10.0 Å². The van der Waals surface area contributed by atoms with E-state index in [9.17, 15) is 13.2 Å². The standard InChI is InChI=1S/C18H28N2O3S/c1-3-24(22,23)20-17-11-10-16(13-14(17)2)19-18(21)12-9-15-7-5-4-6-8-15/h10-11,13,15,20H,3-9,12H2,1-2H3,(H,19,21). The minimum absolute atomic E-state index is 0.0295. The van der Waals surface area contributed by atoms with Crippen LogP contribution in [0, 0.1) is 12.8 Å². The van der Waals surface area contributed by atoms with E-state index >= 15 is 0 Å². The number of aryl methyl sites for hydroxylation is 1. The van der Waals surface area contributed by atoms with Gasteiger partial charge in [0.1, 0.15) is 0 Å². The molecule has 2 N–H and O–H groups in total. The van der Waals surface area contributed by atoms with Gasteiger partial charge in [-0.15, -0.1) is 0 Å². The fourth-order valence-corrected chi connectivity index (χ4v) is 3.84. The van der Waals surface area contributed by atoms with Crippen LogP contribution in [-0.4, -0.2) is 20.1 Å². The molecule has 1 saturated carbocycles. The SMILES string of the molecule is CCS(=O)(=O)Nc1ccc(NC(=O)CCC2CCCCC2)cc1C. The van der Waals surface area contributed by atoms with Crippen LogP contribution in [0.1, 0.15) is 57.4 Å². The number of amides is 1. The molecule has 5 nitrogen and oxygen atoms in total. The minimum atomic E-state index is -3.29. The van der Waals surface area contributed by atoms with Crippen molar-refractivity contribution in [3.8, 4) is 0 Å². The Hall–Kier alpha value is -1.56.